The fourth-order valence-electron chi connectivity index (χ4n) is 0.999. The molecule has 1 atom stereocenters. The zero-order valence-electron chi connectivity index (χ0n) is 8.16. The van der Waals surface area contributed by atoms with Gasteiger partial charge < -0.3 is 10.0 Å². The molecule has 4 nitrogen and oxygen atoms in total. The molecule has 0 saturated carbocycles. The maximum atomic E-state index is 10.3. The van der Waals surface area contributed by atoms with E-state index in [9.17, 15) is 4.79 Å². The van der Waals surface area contributed by atoms with Gasteiger partial charge in [0.25, 0.3) is 0 Å². The molecule has 0 aliphatic rings. The molecule has 0 aromatic rings. The van der Waals surface area contributed by atoms with Crippen LogP contribution in [0, 0.1) is 11.3 Å². The minimum atomic E-state index is -0.763. The Morgan fingerprint density at radius 1 is 1.69 bits per heavy atom. The molecule has 0 spiro atoms. The van der Waals surface area contributed by atoms with E-state index in [1.807, 2.05) is 18.9 Å². The van der Waals surface area contributed by atoms with Gasteiger partial charge in [0.2, 0.25) is 0 Å². The number of nitriles is 1. The first-order valence-corrected chi connectivity index (χ1v) is 4.37. The molecule has 74 valence electrons. The third kappa shape index (κ3) is 6.12. The first-order chi connectivity index (χ1) is 6.07. The van der Waals surface area contributed by atoms with Gasteiger partial charge in [-0.2, -0.15) is 5.26 Å². The Kier molecular flexibility index (Phi) is 5.90. The van der Waals surface area contributed by atoms with Crippen LogP contribution in [0.3, 0.4) is 0 Å². The molecule has 0 aromatic carbocycles. The number of carboxylic acid groups (broad SMARTS) is 1. The second-order valence-corrected chi connectivity index (χ2v) is 3.17. The maximum Gasteiger partial charge on any atom is 0.303 e. The summed E-state index contributed by atoms with van der Waals surface area (Å²) in [6.07, 6.45) is 1.32. The van der Waals surface area contributed by atoms with Crippen molar-refractivity contribution in [2.24, 2.45) is 0 Å². The SMILES string of the molecule is CC(CCC(=O)O)N(C)CCC#N. The van der Waals surface area contributed by atoms with Crippen molar-refractivity contribution in [3.05, 3.63) is 0 Å². The Bertz CT molecular complexity index is 198. The number of hydrogen-bond donors (Lipinski definition) is 1. The van der Waals surface area contributed by atoms with E-state index in [-0.39, 0.29) is 12.5 Å². The average molecular weight is 184 g/mol. The van der Waals surface area contributed by atoms with Crippen molar-refractivity contribution < 1.29 is 9.90 Å². The molecule has 0 aliphatic carbocycles. The molecule has 1 N–H and O–H groups in total. The van der Waals surface area contributed by atoms with Crippen molar-refractivity contribution in [1.82, 2.24) is 4.90 Å². The highest BCUT2D eigenvalue weighted by Crippen LogP contribution is 2.04. The molecule has 0 fully saturated rings. The zero-order valence-corrected chi connectivity index (χ0v) is 8.16. The predicted molar refractivity (Wildman–Crippen MR) is 49.2 cm³/mol. The Morgan fingerprint density at radius 3 is 2.77 bits per heavy atom. The first kappa shape index (κ1) is 11.9. The molecule has 0 aliphatic heterocycles. The van der Waals surface area contributed by atoms with Gasteiger partial charge in [0.15, 0.2) is 0 Å². The van der Waals surface area contributed by atoms with Crippen LogP contribution in [0.2, 0.25) is 0 Å². The maximum absolute atomic E-state index is 10.3. The minimum Gasteiger partial charge on any atom is -0.481 e. The fraction of sp³-hybridized carbons (Fsp3) is 0.778. The minimum absolute atomic E-state index is 0.193. The van der Waals surface area contributed by atoms with Crippen molar-refractivity contribution in [2.75, 3.05) is 13.6 Å². The van der Waals surface area contributed by atoms with Crippen molar-refractivity contribution in [3.8, 4) is 6.07 Å². The summed E-state index contributed by atoms with van der Waals surface area (Å²) in [6.45, 7) is 2.68. The van der Waals surface area contributed by atoms with Crippen LogP contribution < -0.4 is 0 Å². The predicted octanol–water partition coefficient (Wildman–Crippen LogP) is 1.09. The van der Waals surface area contributed by atoms with Crippen LogP contribution >= 0.6 is 0 Å². The van der Waals surface area contributed by atoms with Gasteiger partial charge in [0.1, 0.15) is 0 Å². The van der Waals surface area contributed by atoms with Crippen molar-refractivity contribution in [2.45, 2.75) is 32.2 Å². The number of rotatable bonds is 6. The van der Waals surface area contributed by atoms with E-state index >= 15 is 0 Å². The standard InChI is InChI=1S/C9H16N2O2/c1-8(4-5-9(12)13)11(2)7-3-6-10/h8H,3-5,7H2,1-2H3,(H,12,13). The van der Waals surface area contributed by atoms with E-state index in [1.165, 1.54) is 0 Å². The van der Waals surface area contributed by atoms with E-state index in [1.54, 1.807) is 0 Å². The van der Waals surface area contributed by atoms with Crippen LogP contribution in [0.1, 0.15) is 26.2 Å². The number of aliphatic carboxylic acids is 1. The molecule has 4 heteroatoms. The van der Waals surface area contributed by atoms with Crippen LogP contribution in [0.15, 0.2) is 0 Å². The van der Waals surface area contributed by atoms with Gasteiger partial charge in [-0.15, -0.1) is 0 Å². The van der Waals surface area contributed by atoms with Gasteiger partial charge in [-0.25, -0.2) is 0 Å². The molecule has 0 rings (SSSR count). The number of carbonyl (C=O) groups is 1. The normalized spacial score (nSPS) is 12.5. The third-order valence-corrected chi connectivity index (χ3v) is 2.10. The molecule has 1 unspecified atom stereocenters. The number of hydrogen-bond acceptors (Lipinski definition) is 3. The summed E-state index contributed by atoms with van der Waals surface area (Å²) >= 11 is 0. The second kappa shape index (κ2) is 6.44. The van der Waals surface area contributed by atoms with Gasteiger partial charge in [-0.3, -0.25) is 4.79 Å². The van der Waals surface area contributed by atoms with Gasteiger partial charge in [0, 0.05) is 25.4 Å². The van der Waals surface area contributed by atoms with E-state index in [0.717, 1.165) is 0 Å². The van der Waals surface area contributed by atoms with Crippen molar-refractivity contribution >= 4 is 5.97 Å². The monoisotopic (exact) mass is 184 g/mol. The average Bonchev–Trinajstić information content (AvgIpc) is 2.10. The van der Waals surface area contributed by atoms with Crippen LogP contribution in [0.4, 0.5) is 0 Å². The van der Waals surface area contributed by atoms with Crippen molar-refractivity contribution in [3.63, 3.8) is 0 Å². The lowest BCUT2D eigenvalue weighted by Gasteiger charge is -2.22. The molecule has 0 bridgehead atoms. The Labute approximate surface area is 78.8 Å². The highest BCUT2D eigenvalue weighted by Gasteiger charge is 2.09. The second-order valence-electron chi connectivity index (χ2n) is 3.17. The lowest BCUT2D eigenvalue weighted by atomic mass is 10.1. The molecular formula is C9H16N2O2. The quantitative estimate of drug-likeness (QED) is 0.671. The fourth-order valence-corrected chi connectivity index (χ4v) is 0.999. The van der Waals surface area contributed by atoms with Crippen LogP contribution in [-0.4, -0.2) is 35.6 Å². The summed E-state index contributed by atoms with van der Waals surface area (Å²) in [4.78, 5) is 12.3. The highest BCUT2D eigenvalue weighted by atomic mass is 16.4. The van der Waals surface area contributed by atoms with E-state index in [2.05, 4.69) is 6.07 Å². The molecule has 0 radical (unpaired) electrons. The summed E-state index contributed by atoms with van der Waals surface area (Å²) in [5, 5.41) is 16.8. The van der Waals surface area contributed by atoms with E-state index < -0.39 is 5.97 Å². The summed E-state index contributed by atoms with van der Waals surface area (Å²) in [5.41, 5.74) is 0. The Morgan fingerprint density at radius 2 is 2.31 bits per heavy atom. The molecule has 13 heavy (non-hydrogen) atoms. The molecular weight excluding hydrogens is 168 g/mol. The van der Waals surface area contributed by atoms with Crippen LogP contribution in [0.5, 0.6) is 0 Å². The van der Waals surface area contributed by atoms with Gasteiger partial charge >= 0.3 is 5.97 Å². The third-order valence-electron chi connectivity index (χ3n) is 2.10. The first-order valence-electron chi connectivity index (χ1n) is 4.37. The highest BCUT2D eigenvalue weighted by molar-refractivity contribution is 5.66. The van der Waals surface area contributed by atoms with Gasteiger partial charge in [-0.1, -0.05) is 0 Å². The van der Waals surface area contributed by atoms with Crippen molar-refractivity contribution in [1.29, 1.82) is 5.26 Å². The lowest BCUT2D eigenvalue weighted by molar-refractivity contribution is -0.137. The summed E-state index contributed by atoms with van der Waals surface area (Å²) < 4.78 is 0. The molecule has 0 heterocycles. The summed E-state index contributed by atoms with van der Waals surface area (Å²) in [6, 6.07) is 2.29. The van der Waals surface area contributed by atoms with Crippen LogP contribution in [0.25, 0.3) is 0 Å². The topological polar surface area (TPSA) is 64.3 Å². The summed E-state index contributed by atoms with van der Waals surface area (Å²) in [7, 11) is 1.91. The van der Waals surface area contributed by atoms with Gasteiger partial charge in [-0.05, 0) is 20.4 Å². The van der Waals surface area contributed by atoms with Gasteiger partial charge in [0.05, 0.1) is 6.07 Å². The number of carboxylic acids is 1. The smallest absolute Gasteiger partial charge is 0.303 e. The molecule has 0 aromatic heterocycles. The zero-order chi connectivity index (χ0) is 10.3. The Hall–Kier alpha value is -1.08. The largest absolute Gasteiger partial charge is 0.481 e. The Balaban J connectivity index is 3.63. The van der Waals surface area contributed by atoms with E-state index in [0.29, 0.717) is 19.4 Å². The van der Waals surface area contributed by atoms with E-state index in [4.69, 9.17) is 10.4 Å². The molecule has 0 amide bonds. The van der Waals surface area contributed by atoms with Crippen LogP contribution in [-0.2, 0) is 4.79 Å². The number of nitrogens with zero attached hydrogens (tertiary/aromatic N) is 2. The summed E-state index contributed by atoms with van der Waals surface area (Å²) in [5.74, 6) is -0.763. The lowest BCUT2D eigenvalue weighted by Crippen LogP contribution is -2.30. The molecule has 0 saturated heterocycles.